The molecule has 7 nitrogen and oxygen atoms in total. The molecule has 1 aromatic heterocycles. The van der Waals surface area contributed by atoms with Crippen molar-refractivity contribution >= 4 is 10.0 Å². The smallest absolute Gasteiger partial charge is 0.262 e. The summed E-state index contributed by atoms with van der Waals surface area (Å²) in [7, 11) is -2.22. The normalized spacial score (nSPS) is 20.2. The first-order chi connectivity index (χ1) is 10.5. The van der Waals surface area contributed by atoms with Crippen LogP contribution in [0.5, 0.6) is 0 Å². The second-order valence-corrected chi connectivity index (χ2v) is 6.92. The van der Waals surface area contributed by atoms with E-state index in [1.54, 1.807) is 12.1 Å². The monoisotopic (exact) mass is 325 g/mol. The lowest BCUT2D eigenvalue weighted by Crippen LogP contribution is -2.48. The van der Waals surface area contributed by atoms with Crippen LogP contribution in [0.4, 0.5) is 4.39 Å². The number of nitrogens with zero attached hydrogens (tertiary/aromatic N) is 4. The fourth-order valence-electron chi connectivity index (χ4n) is 2.61. The van der Waals surface area contributed by atoms with Crippen LogP contribution in [0, 0.1) is 5.82 Å². The van der Waals surface area contributed by atoms with Crippen LogP contribution in [0.2, 0.25) is 0 Å². The van der Waals surface area contributed by atoms with Gasteiger partial charge in [0, 0.05) is 26.7 Å². The van der Waals surface area contributed by atoms with Crippen LogP contribution in [-0.4, -0.2) is 47.4 Å². The topological polar surface area (TPSA) is 80.1 Å². The summed E-state index contributed by atoms with van der Waals surface area (Å²) < 4.78 is 41.7. The number of halogens is 1. The van der Waals surface area contributed by atoms with E-state index in [4.69, 9.17) is 0 Å². The molecule has 118 valence electrons. The third-order valence-electron chi connectivity index (χ3n) is 3.67. The molecule has 9 heteroatoms. The van der Waals surface area contributed by atoms with Crippen LogP contribution in [0.1, 0.15) is 11.6 Å². The number of aromatic nitrogens is 3. The predicted molar refractivity (Wildman–Crippen MR) is 76.9 cm³/mol. The SMILES string of the molecule is Cn1nncc1S(=O)(=O)N1CCNC[C@@H]1c1cccc(F)c1. The Morgan fingerprint density at radius 1 is 1.41 bits per heavy atom. The molecule has 1 saturated heterocycles. The summed E-state index contributed by atoms with van der Waals surface area (Å²) in [5.41, 5.74) is 0.617. The average Bonchev–Trinajstić information content (AvgIpc) is 2.94. The van der Waals surface area contributed by atoms with Gasteiger partial charge in [0.05, 0.1) is 12.2 Å². The summed E-state index contributed by atoms with van der Waals surface area (Å²) in [6.45, 7) is 1.26. The van der Waals surface area contributed by atoms with Crippen molar-refractivity contribution in [3.05, 3.63) is 41.8 Å². The Hall–Kier alpha value is -1.84. The van der Waals surface area contributed by atoms with Gasteiger partial charge in [-0.1, -0.05) is 17.3 Å². The number of sulfonamides is 1. The zero-order chi connectivity index (χ0) is 15.7. The first-order valence-corrected chi connectivity index (χ1v) is 8.27. The maximum absolute atomic E-state index is 13.5. The van der Waals surface area contributed by atoms with E-state index in [0.29, 0.717) is 25.2 Å². The van der Waals surface area contributed by atoms with Crippen molar-refractivity contribution in [2.24, 2.45) is 7.05 Å². The van der Waals surface area contributed by atoms with Gasteiger partial charge in [0.1, 0.15) is 5.82 Å². The lowest BCUT2D eigenvalue weighted by atomic mass is 10.1. The Labute approximate surface area is 127 Å². The van der Waals surface area contributed by atoms with Crippen molar-refractivity contribution in [2.45, 2.75) is 11.1 Å². The fraction of sp³-hybridized carbons (Fsp3) is 0.385. The van der Waals surface area contributed by atoms with Crippen molar-refractivity contribution in [1.29, 1.82) is 0 Å². The van der Waals surface area contributed by atoms with Crippen LogP contribution in [0.3, 0.4) is 0 Å². The number of rotatable bonds is 3. The molecule has 1 aromatic carbocycles. The zero-order valence-corrected chi connectivity index (χ0v) is 12.8. The molecular weight excluding hydrogens is 309 g/mol. The molecule has 2 aromatic rings. The molecule has 0 bridgehead atoms. The molecule has 0 spiro atoms. The predicted octanol–water partition coefficient (Wildman–Crippen LogP) is 0.289. The first-order valence-electron chi connectivity index (χ1n) is 6.83. The molecule has 0 saturated carbocycles. The Morgan fingerprint density at radius 3 is 2.91 bits per heavy atom. The van der Waals surface area contributed by atoms with Gasteiger partial charge in [-0.3, -0.25) is 0 Å². The van der Waals surface area contributed by atoms with Gasteiger partial charge in [0.15, 0.2) is 5.03 Å². The quantitative estimate of drug-likeness (QED) is 0.877. The van der Waals surface area contributed by atoms with E-state index >= 15 is 0 Å². The molecule has 0 unspecified atom stereocenters. The molecule has 1 atom stereocenters. The third kappa shape index (κ3) is 2.62. The minimum atomic E-state index is -3.75. The molecule has 1 fully saturated rings. The molecule has 1 N–H and O–H groups in total. The van der Waals surface area contributed by atoms with Crippen molar-refractivity contribution in [2.75, 3.05) is 19.6 Å². The lowest BCUT2D eigenvalue weighted by Gasteiger charge is -2.35. The highest BCUT2D eigenvalue weighted by Crippen LogP contribution is 2.28. The van der Waals surface area contributed by atoms with Crippen LogP contribution in [0.25, 0.3) is 0 Å². The molecule has 22 heavy (non-hydrogen) atoms. The first kappa shape index (κ1) is 15.1. The molecular formula is C13H16FN5O2S. The minimum absolute atomic E-state index is 0.0239. The molecule has 2 heterocycles. The van der Waals surface area contributed by atoms with Crippen molar-refractivity contribution in [3.8, 4) is 0 Å². The van der Waals surface area contributed by atoms with Crippen LogP contribution < -0.4 is 5.32 Å². The van der Waals surface area contributed by atoms with Crippen molar-refractivity contribution in [3.63, 3.8) is 0 Å². The molecule has 1 aliphatic rings. The summed E-state index contributed by atoms with van der Waals surface area (Å²) in [5.74, 6) is -0.386. The maximum atomic E-state index is 13.5. The van der Waals surface area contributed by atoms with E-state index in [9.17, 15) is 12.8 Å². The standard InChI is InChI=1S/C13H16FN5O2S/c1-18-13(9-16-17-18)22(20,21)19-6-5-15-8-12(19)10-3-2-4-11(14)7-10/h2-4,7,9,12,15H,5-6,8H2,1H3/t12-/m1/s1. The molecule has 0 aliphatic carbocycles. The van der Waals surface area contributed by atoms with Crippen molar-refractivity contribution < 1.29 is 12.8 Å². The second kappa shape index (κ2) is 5.75. The number of piperazine rings is 1. The van der Waals surface area contributed by atoms with Crippen molar-refractivity contribution in [1.82, 2.24) is 24.6 Å². The van der Waals surface area contributed by atoms with Gasteiger partial charge in [-0.05, 0) is 17.7 Å². The Balaban J connectivity index is 2.02. The summed E-state index contributed by atoms with van der Waals surface area (Å²) in [6, 6.07) is 5.54. The second-order valence-electron chi connectivity index (χ2n) is 5.09. The number of hydrogen-bond acceptors (Lipinski definition) is 5. The molecule has 1 aliphatic heterocycles. The zero-order valence-electron chi connectivity index (χ0n) is 12.0. The fourth-order valence-corrected chi connectivity index (χ4v) is 4.26. The van der Waals surface area contributed by atoms with Gasteiger partial charge >= 0.3 is 0 Å². The summed E-state index contributed by atoms with van der Waals surface area (Å²) in [4.78, 5) is 0. The van der Waals surface area contributed by atoms with Crippen LogP contribution in [0.15, 0.2) is 35.5 Å². The minimum Gasteiger partial charge on any atom is -0.313 e. The number of hydrogen-bond donors (Lipinski definition) is 1. The van der Waals surface area contributed by atoms with Gasteiger partial charge < -0.3 is 5.32 Å². The van der Waals surface area contributed by atoms with Gasteiger partial charge in [0.2, 0.25) is 0 Å². The summed E-state index contributed by atoms with van der Waals surface area (Å²) in [5, 5.41) is 10.5. The number of nitrogens with one attached hydrogen (secondary N) is 1. The van der Waals surface area contributed by atoms with E-state index in [1.165, 1.54) is 34.4 Å². The summed E-state index contributed by atoms with van der Waals surface area (Å²) in [6.07, 6.45) is 1.22. The highest BCUT2D eigenvalue weighted by atomic mass is 32.2. The largest absolute Gasteiger partial charge is 0.313 e. The Kier molecular flexibility index (Phi) is 3.94. The van der Waals surface area contributed by atoms with E-state index in [2.05, 4.69) is 15.6 Å². The van der Waals surface area contributed by atoms with Crippen LogP contribution in [-0.2, 0) is 17.1 Å². The van der Waals surface area contributed by atoms with Gasteiger partial charge in [0.25, 0.3) is 10.0 Å². The van der Waals surface area contributed by atoms with Gasteiger partial charge in [-0.2, -0.15) is 4.31 Å². The highest BCUT2D eigenvalue weighted by Gasteiger charge is 2.36. The average molecular weight is 325 g/mol. The van der Waals surface area contributed by atoms with Gasteiger partial charge in [-0.25, -0.2) is 17.5 Å². The maximum Gasteiger partial charge on any atom is 0.262 e. The van der Waals surface area contributed by atoms with E-state index in [0.717, 1.165) is 0 Å². The van der Waals surface area contributed by atoms with E-state index in [-0.39, 0.29) is 10.8 Å². The Bertz CT molecular complexity index is 776. The number of aryl methyl sites for hydroxylation is 1. The van der Waals surface area contributed by atoms with Gasteiger partial charge in [-0.15, -0.1) is 5.10 Å². The van der Waals surface area contributed by atoms with E-state index in [1.807, 2.05) is 0 Å². The molecule has 3 rings (SSSR count). The highest BCUT2D eigenvalue weighted by molar-refractivity contribution is 7.89. The molecule has 0 amide bonds. The summed E-state index contributed by atoms with van der Waals surface area (Å²) >= 11 is 0. The van der Waals surface area contributed by atoms with Crippen LogP contribution >= 0.6 is 0 Å². The number of benzene rings is 1. The third-order valence-corrected chi connectivity index (χ3v) is 5.63. The Morgan fingerprint density at radius 2 is 2.23 bits per heavy atom. The lowest BCUT2D eigenvalue weighted by molar-refractivity contribution is 0.269. The van der Waals surface area contributed by atoms with E-state index < -0.39 is 16.1 Å². The molecule has 0 radical (unpaired) electrons.